The Morgan fingerprint density at radius 3 is 2.61 bits per heavy atom. The predicted octanol–water partition coefficient (Wildman–Crippen LogP) is 6.58. The number of terminal acetylenes is 1. The van der Waals surface area contributed by atoms with Gasteiger partial charge in [0.25, 0.3) is 0 Å². The fraction of sp³-hybridized carbons (Fsp3) is 0.308. The Morgan fingerprint density at radius 2 is 1.90 bits per heavy atom. The number of anilines is 1. The highest BCUT2D eigenvalue weighted by Crippen LogP contribution is 2.41. The average molecular weight is 435 g/mol. The highest BCUT2D eigenvalue weighted by atomic mass is 35.5. The van der Waals surface area contributed by atoms with Crippen LogP contribution in [0.5, 0.6) is 0 Å². The molecule has 31 heavy (non-hydrogen) atoms. The molecular formula is C26H24ClFN2O. The number of nitrogens with one attached hydrogen (secondary N) is 1. The van der Waals surface area contributed by atoms with Gasteiger partial charge in [-0.15, -0.1) is 12.3 Å². The van der Waals surface area contributed by atoms with E-state index in [2.05, 4.69) is 16.2 Å². The molecule has 1 saturated carbocycles. The zero-order valence-electron chi connectivity index (χ0n) is 17.2. The maximum Gasteiger partial charge on any atom is 0.228 e. The SMILES string of the molecule is C#CC[C@@H](C(=O)Nc1ccc(Cl)cc1)C1CCC(c2ccnc3cc(F)ccc23)CC1. The molecule has 1 atom stereocenters. The first-order chi connectivity index (χ1) is 15.0. The molecule has 1 N–H and O–H groups in total. The van der Waals surface area contributed by atoms with E-state index in [0.717, 1.165) is 36.8 Å². The zero-order valence-corrected chi connectivity index (χ0v) is 17.9. The van der Waals surface area contributed by atoms with Crippen LogP contribution in [0.2, 0.25) is 5.02 Å². The molecule has 0 spiro atoms. The van der Waals surface area contributed by atoms with Crippen molar-refractivity contribution < 1.29 is 9.18 Å². The molecule has 3 nitrogen and oxygen atoms in total. The molecule has 0 unspecified atom stereocenters. The summed E-state index contributed by atoms with van der Waals surface area (Å²) in [6, 6.07) is 13.9. The second-order valence-electron chi connectivity index (χ2n) is 8.18. The maximum absolute atomic E-state index is 13.6. The number of nitrogens with zero attached hydrogens (tertiary/aromatic N) is 1. The normalized spacial score (nSPS) is 19.5. The zero-order chi connectivity index (χ0) is 21.8. The summed E-state index contributed by atoms with van der Waals surface area (Å²) < 4.78 is 13.6. The third kappa shape index (κ3) is 4.89. The molecule has 1 amide bonds. The number of hydrogen-bond acceptors (Lipinski definition) is 2. The smallest absolute Gasteiger partial charge is 0.228 e. The summed E-state index contributed by atoms with van der Waals surface area (Å²) in [6.07, 6.45) is 11.6. The Balaban J connectivity index is 1.45. The number of rotatable bonds is 5. The second-order valence-corrected chi connectivity index (χ2v) is 8.62. The molecule has 0 aliphatic heterocycles. The molecule has 1 heterocycles. The van der Waals surface area contributed by atoms with Gasteiger partial charge >= 0.3 is 0 Å². The number of pyridine rings is 1. The monoisotopic (exact) mass is 434 g/mol. The Labute approximate surface area is 187 Å². The van der Waals surface area contributed by atoms with Gasteiger partial charge in [-0.2, -0.15) is 0 Å². The summed E-state index contributed by atoms with van der Waals surface area (Å²) in [5, 5.41) is 4.62. The van der Waals surface area contributed by atoms with E-state index in [-0.39, 0.29) is 23.6 Å². The molecule has 1 fully saturated rings. The van der Waals surface area contributed by atoms with Crippen molar-refractivity contribution in [2.24, 2.45) is 11.8 Å². The highest BCUT2D eigenvalue weighted by molar-refractivity contribution is 6.30. The molecule has 1 aromatic heterocycles. The van der Waals surface area contributed by atoms with Crippen LogP contribution < -0.4 is 5.32 Å². The first-order valence-corrected chi connectivity index (χ1v) is 11.0. The number of hydrogen-bond donors (Lipinski definition) is 1. The third-order valence-corrected chi connectivity index (χ3v) is 6.56. The van der Waals surface area contributed by atoms with Crippen LogP contribution in [0.15, 0.2) is 54.7 Å². The van der Waals surface area contributed by atoms with Crippen molar-refractivity contribution in [1.82, 2.24) is 4.98 Å². The summed E-state index contributed by atoms with van der Waals surface area (Å²) in [6.45, 7) is 0. The van der Waals surface area contributed by atoms with Gasteiger partial charge in [-0.05, 0) is 85.5 Å². The number of carbonyl (C=O) groups is 1. The Kier molecular flexibility index (Phi) is 6.53. The summed E-state index contributed by atoms with van der Waals surface area (Å²) in [4.78, 5) is 17.3. The van der Waals surface area contributed by atoms with E-state index >= 15 is 0 Å². The van der Waals surface area contributed by atoms with Gasteiger partial charge in [0, 0.05) is 34.8 Å². The summed E-state index contributed by atoms with van der Waals surface area (Å²) in [5.41, 5.74) is 2.62. The lowest BCUT2D eigenvalue weighted by molar-refractivity contribution is -0.121. The van der Waals surface area contributed by atoms with Gasteiger partial charge in [0.15, 0.2) is 0 Å². The molecule has 2 aromatic carbocycles. The van der Waals surface area contributed by atoms with Crippen LogP contribution in [-0.4, -0.2) is 10.9 Å². The van der Waals surface area contributed by atoms with Gasteiger partial charge in [-0.3, -0.25) is 9.78 Å². The van der Waals surface area contributed by atoms with Crippen molar-refractivity contribution in [3.63, 3.8) is 0 Å². The largest absolute Gasteiger partial charge is 0.326 e. The number of carbonyl (C=O) groups excluding carboxylic acids is 1. The lowest BCUT2D eigenvalue weighted by atomic mass is 9.72. The van der Waals surface area contributed by atoms with E-state index < -0.39 is 0 Å². The summed E-state index contributed by atoms with van der Waals surface area (Å²) in [7, 11) is 0. The maximum atomic E-state index is 13.6. The number of aromatic nitrogens is 1. The molecule has 0 radical (unpaired) electrons. The second kappa shape index (κ2) is 9.49. The fourth-order valence-corrected chi connectivity index (χ4v) is 4.83. The van der Waals surface area contributed by atoms with Crippen LogP contribution in [0.25, 0.3) is 10.9 Å². The van der Waals surface area contributed by atoms with Crippen molar-refractivity contribution in [2.75, 3.05) is 5.32 Å². The van der Waals surface area contributed by atoms with Crippen LogP contribution in [0.3, 0.4) is 0 Å². The molecule has 0 saturated heterocycles. The summed E-state index contributed by atoms with van der Waals surface area (Å²) >= 11 is 5.93. The van der Waals surface area contributed by atoms with Gasteiger partial charge in [0.1, 0.15) is 5.82 Å². The van der Waals surface area contributed by atoms with Gasteiger partial charge < -0.3 is 5.32 Å². The predicted molar refractivity (Wildman–Crippen MR) is 123 cm³/mol. The molecule has 0 bridgehead atoms. The van der Waals surface area contributed by atoms with Crippen LogP contribution in [0.1, 0.15) is 43.6 Å². The minimum atomic E-state index is -0.273. The first kappa shape index (κ1) is 21.3. The van der Waals surface area contributed by atoms with Crippen LogP contribution in [0, 0.1) is 30.0 Å². The van der Waals surface area contributed by atoms with Gasteiger partial charge in [-0.1, -0.05) is 11.6 Å². The van der Waals surface area contributed by atoms with Gasteiger partial charge in [-0.25, -0.2) is 4.39 Å². The Morgan fingerprint density at radius 1 is 1.16 bits per heavy atom. The van der Waals surface area contributed by atoms with Crippen molar-refractivity contribution in [3.05, 3.63) is 71.1 Å². The number of benzene rings is 2. The van der Waals surface area contributed by atoms with Crippen LogP contribution >= 0.6 is 11.6 Å². The number of halogens is 2. The van der Waals surface area contributed by atoms with Crippen molar-refractivity contribution in [3.8, 4) is 12.3 Å². The fourth-order valence-electron chi connectivity index (χ4n) is 4.70. The molecule has 3 aromatic rings. The average Bonchev–Trinajstić information content (AvgIpc) is 2.78. The number of fused-ring (bicyclic) bond motifs is 1. The molecule has 1 aliphatic carbocycles. The van der Waals surface area contributed by atoms with E-state index in [1.54, 1.807) is 30.5 Å². The van der Waals surface area contributed by atoms with E-state index in [4.69, 9.17) is 18.0 Å². The quantitative estimate of drug-likeness (QED) is 0.461. The van der Waals surface area contributed by atoms with Gasteiger partial charge in [0.2, 0.25) is 5.91 Å². The topological polar surface area (TPSA) is 42.0 Å². The lowest BCUT2D eigenvalue weighted by Gasteiger charge is -2.33. The molecule has 1 aliphatic rings. The molecule has 5 heteroatoms. The number of amides is 1. The van der Waals surface area contributed by atoms with Crippen LogP contribution in [-0.2, 0) is 4.79 Å². The highest BCUT2D eigenvalue weighted by Gasteiger charge is 2.32. The van der Waals surface area contributed by atoms with Crippen molar-refractivity contribution >= 4 is 34.1 Å². The molecular weight excluding hydrogens is 411 g/mol. The standard InChI is InChI=1S/C26H24ClFN2O/c1-2-3-23(26(31)30-21-11-8-19(27)9-12-21)18-6-4-17(5-7-18)22-14-15-29-25-16-20(28)10-13-24(22)25/h1,8-18,23H,3-7H2,(H,30,31)/t17?,18?,23-/m1/s1. The van der Waals surface area contributed by atoms with E-state index in [9.17, 15) is 9.18 Å². The minimum Gasteiger partial charge on any atom is -0.326 e. The lowest BCUT2D eigenvalue weighted by Crippen LogP contribution is -2.31. The Hall–Kier alpha value is -2.90. The molecule has 4 rings (SSSR count). The summed E-state index contributed by atoms with van der Waals surface area (Å²) in [5.74, 6) is 2.78. The van der Waals surface area contributed by atoms with Crippen molar-refractivity contribution in [1.29, 1.82) is 0 Å². The van der Waals surface area contributed by atoms with Crippen molar-refractivity contribution in [2.45, 2.75) is 38.0 Å². The van der Waals surface area contributed by atoms with E-state index in [1.807, 2.05) is 12.1 Å². The Bertz CT molecular complexity index is 1110. The van der Waals surface area contributed by atoms with E-state index in [1.165, 1.54) is 17.7 Å². The van der Waals surface area contributed by atoms with Gasteiger partial charge in [0.05, 0.1) is 11.4 Å². The minimum absolute atomic E-state index is 0.0337. The molecule has 158 valence electrons. The van der Waals surface area contributed by atoms with E-state index in [0.29, 0.717) is 22.9 Å². The van der Waals surface area contributed by atoms with Crippen LogP contribution in [0.4, 0.5) is 10.1 Å². The first-order valence-electron chi connectivity index (χ1n) is 10.6. The third-order valence-electron chi connectivity index (χ3n) is 6.31.